The van der Waals surface area contributed by atoms with Crippen LogP contribution in [0.1, 0.15) is 75.2 Å². The molecule has 0 bridgehead atoms. The van der Waals surface area contributed by atoms with Gasteiger partial charge in [-0.1, -0.05) is 0 Å². The fourth-order valence-electron chi connectivity index (χ4n) is 3.05. The molecule has 1 unspecified atom stereocenters. The summed E-state index contributed by atoms with van der Waals surface area (Å²) < 4.78 is 53.0. The monoisotopic (exact) mass is 405 g/mol. The van der Waals surface area contributed by atoms with Gasteiger partial charge in [-0.3, -0.25) is 4.68 Å². The molecule has 0 fully saturated rings. The van der Waals surface area contributed by atoms with E-state index in [9.17, 15) is 22.8 Å². The molecule has 28 heavy (non-hydrogen) atoms. The van der Waals surface area contributed by atoms with Gasteiger partial charge in [0.25, 0.3) is 0 Å². The van der Waals surface area contributed by atoms with E-state index in [-0.39, 0.29) is 30.1 Å². The number of alkyl halides is 3. The largest absolute Gasteiger partial charge is 0.461 e. The summed E-state index contributed by atoms with van der Waals surface area (Å²) in [5, 5.41) is 4.11. The van der Waals surface area contributed by atoms with E-state index >= 15 is 0 Å². The first-order valence-electron chi connectivity index (χ1n) is 9.09. The Labute approximate surface area is 161 Å². The summed E-state index contributed by atoms with van der Waals surface area (Å²) in [6, 6.07) is -0.408. The van der Waals surface area contributed by atoms with Gasteiger partial charge in [0.05, 0.1) is 18.8 Å². The molecule has 1 aromatic rings. The number of carbonyl (C=O) groups excluding carboxylic acids is 2. The van der Waals surface area contributed by atoms with Crippen molar-refractivity contribution in [1.82, 2.24) is 14.7 Å². The fourth-order valence-corrected chi connectivity index (χ4v) is 3.05. The zero-order valence-electron chi connectivity index (χ0n) is 16.9. The molecular formula is C18H26F3N3O4. The molecule has 7 nitrogen and oxygen atoms in total. The highest BCUT2D eigenvalue weighted by Crippen LogP contribution is 2.42. The molecule has 0 N–H and O–H groups in total. The summed E-state index contributed by atoms with van der Waals surface area (Å²) in [4.78, 5) is 25.7. The third kappa shape index (κ3) is 4.59. The number of hydrogen-bond acceptors (Lipinski definition) is 5. The van der Waals surface area contributed by atoms with E-state index in [1.165, 1.54) is 4.68 Å². The molecule has 1 aliphatic heterocycles. The Morgan fingerprint density at radius 3 is 2.32 bits per heavy atom. The normalized spacial score (nSPS) is 17.5. The van der Waals surface area contributed by atoms with Crippen LogP contribution in [0.2, 0.25) is 0 Å². The summed E-state index contributed by atoms with van der Waals surface area (Å²) in [7, 11) is 0. The first-order chi connectivity index (χ1) is 12.8. The van der Waals surface area contributed by atoms with Crippen LogP contribution < -0.4 is 0 Å². The van der Waals surface area contributed by atoms with Crippen molar-refractivity contribution < 1.29 is 32.2 Å². The van der Waals surface area contributed by atoms with Gasteiger partial charge in [-0.15, -0.1) is 0 Å². The number of fused-ring (bicyclic) bond motifs is 1. The molecule has 2 rings (SSSR count). The second-order valence-corrected chi connectivity index (χ2v) is 7.93. The zero-order valence-corrected chi connectivity index (χ0v) is 16.9. The van der Waals surface area contributed by atoms with Crippen LogP contribution in [-0.4, -0.2) is 51.7 Å². The summed E-state index contributed by atoms with van der Waals surface area (Å²) in [5.74, 6) is -2.80. The lowest BCUT2D eigenvalue weighted by Crippen LogP contribution is -2.45. The molecule has 0 saturated heterocycles. The number of carbonyl (C=O) groups is 2. The van der Waals surface area contributed by atoms with Gasteiger partial charge in [0.1, 0.15) is 11.5 Å². The summed E-state index contributed by atoms with van der Waals surface area (Å²) in [6.07, 6.45) is -5.51. The van der Waals surface area contributed by atoms with E-state index in [0.29, 0.717) is 0 Å². The molecule has 0 aromatic carbocycles. The molecule has 0 spiro atoms. The van der Waals surface area contributed by atoms with Crippen molar-refractivity contribution in [3.05, 3.63) is 17.0 Å². The van der Waals surface area contributed by atoms with Gasteiger partial charge >= 0.3 is 18.2 Å². The summed E-state index contributed by atoms with van der Waals surface area (Å²) >= 11 is 0. The van der Waals surface area contributed by atoms with Crippen molar-refractivity contribution in [3.8, 4) is 0 Å². The Balaban J connectivity index is 2.58. The van der Waals surface area contributed by atoms with Gasteiger partial charge in [-0.25, -0.2) is 9.59 Å². The van der Waals surface area contributed by atoms with E-state index in [0.717, 1.165) is 4.90 Å². The van der Waals surface area contributed by atoms with Crippen LogP contribution in [-0.2, 0) is 16.0 Å². The maximum atomic E-state index is 13.9. The Morgan fingerprint density at radius 1 is 1.25 bits per heavy atom. The molecule has 158 valence electrons. The van der Waals surface area contributed by atoms with Crippen LogP contribution in [0.3, 0.4) is 0 Å². The second kappa shape index (κ2) is 7.63. The molecule has 1 atom stereocenters. The number of rotatable bonds is 3. The standard InChI is InChI=1S/C18H26F3N3O4/c1-7-27-15(25)13-11-8-23(16(26)28-17(4,5)6)9-12(18(19,20)21)14(11)24(22-13)10(2)3/h10,12H,7-9H2,1-6H3. The molecule has 1 aliphatic rings. The molecule has 1 aromatic heterocycles. The first-order valence-corrected chi connectivity index (χ1v) is 9.09. The molecule has 2 heterocycles. The Kier molecular flexibility index (Phi) is 6.01. The highest BCUT2D eigenvalue weighted by atomic mass is 19.4. The maximum absolute atomic E-state index is 13.9. The minimum atomic E-state index is -4.63. The van der Waals surface area contributed by atoms with Crippen LogP contribution in [0.15, 0.2) is 0 Å². The number of amides is 1. The van der Waals surface area contributed by atoms with Crippen LogP contribution in [0, 0.1) is 0 Å². The van der Waals surface area contributed by atoms with Gasteiger partial charge in [-0.2, -0.15) is 18.3 Å². The average molecular weight is 405 g/mol. The SMILES string of the molecule is CCOC(=O)c1nn(C(C)C)c2c1CN(C(=O)OC(C)(C)C)CC2C(F)(F)F. The lowest BCUT2D eigenvalue weighted by Gasteiger charge is -2.35. The summed E-state index contributed by atoms with van der Waals surface area (Å²) in [5.41, 5.74) is -1.12. The van der Waals surface area contributed by atoms with E-state index in [1.807, 2.05) is 0 Å². The van der Waals surface area contributed by atoms with Gasteiger partial charge in [0.15, 0.2) is 5.69 Å². The van der Waals surface area contributed by atoms with Crippen molar-refractivity contribution in [3.63, 3.8) is 0 Å². The van der Waals surface area contributed by atoms with E-state index in [2.05, 4.69) is 5.10 Å². The molecular weight excluding hydrogens is 379 g/mol. The van der Waals surface area contributed by atoms with Crippen molar-refractivity contribution >= 4 is 12.1 Å². The minimum absolute atomic E-state index is 0.0478. The van der Waals surface area contributed by atoms with Crippen LogP contribution >= 0.6 is 0 Å². The lowest BCUT2D eigenvalue weighted by atomic mass is 9.93. The Morgan fingerprint density at radius 2 is 1.86 bits per heavy atom. The van der Waals surface area contributed by atoms with Crippen LogP contribution in [0.4, 0.5) is 18.0 Å². The van der Waals surface area contributed by atoms with Crippen molar-refractivity contribution in [2.45, 2.75) is 71.8 Å². The molecule has 0 aliphatic carbocycles. The third-order valence-corrected chi connectivity index (χ3v) is 4.14. The molecule has 1 amide bonds. The topological polar surface area (TPSA) is 73.7 Å². The second-order valence-electron chi connectivity index (χ2n) is 7.93. The van der Waals surface area contributed by atoms with Crippen LogP contribution in [0.5, 0.6) is 0 Å². The number of halogens is 3. The molecule has 0 radical (unpaired) electrons. The summed E-state index contributed by atoms with van der Waals surface area (Å²) in [6.45, 7) is 9.07. The van der Waals surface area contributed by atoms with E-state index in [1.54, 1.807) is 41.5 Å². The minimum Gasteiger partial charge on any atom is -0.461 e. The van der Waals surface area contributed by atoms with Gasteiger partial charge in [0.2, 0.25) is 0 Å². The van der Waals surface area contributed by atoms with E-state index in [4.69, 9.17) is 9.47 Å². The van der Waals surface area contributed by atoms with Crippen LogP contribution in [0.25, 0.3) is 0 Å². The van der Waals surface area contributed by atoms with Crippen molar-refractivity contribution in [1.29, 1.82) is 0 Å². The first kappa shape index (κ1) is 22.0. The fraction of sp³-hybridized carbons (Fsp3) is 0.722. The Bertz CT molecular complexity index is 750. The van der Waals surface area contributed by atoms with E-state index < -0.39 is 42.3 Å². The third-order valence-electron chi connectivity index (χ3n) is 4.14. The quantitative estimate of drug-likeness (QED) is 0.710. The molecule has 0 saturated carbocycles. The smallest absolute Gasteiger partial charge is 0.410 e. The highest BCUT2D eigenvalue weighted by molar-refractivity contribution is 5.89. The lowest BCUT2D eigenvalue weighted by molar-refractivity contribution is -0.158. The maximum Gasteiger partial charge on any atom is 0.410 e. The zero-order chi connectivity index (χ0) is 21.4. The number of ether oxygens (including phenoxy) is 2. The predicted octanol–water partition coefficient (Wildman–Crippen LogP) is 4.04. The Hall–Kier alpha value is -2.26. The van der Waals surface area contributed by atoms with Gasteiger partial charge in [0, 0.05) is 18.2 Å². The molecule has 10 heteroatoms. The van der Waals surface area contributed by atoms with Gasteiger partial charge in [-0.05, 0) is 41.5 Å². The number of aromatic nitrogens is 2. The number of esters is 1. The van der Waals surface area contributed by atoms with Crippen molar-refractivity contribution in [2.24, 2.45) is 0 Å². The number of nitrogens with zero attached hydrogens (tertiary/aromatic N) is 3. The highest BCUT2D eigenvalue weighted by Gasteiger charge is 2.50. The predicted molar refractivity (Wildman–Crippen MR) is 94.0 cm³/mol. The van der Waals surface area contributed by atoms with Crippen molar-refractivity contribution in [2.75, 3.05) is 13.2 Å². The number of hydrogen-bond donors (Lipinski definition) is 0. The van der Waals surface area contributed by atoms with Gasteiger partial charge < -0.3 is 14.4 Å². The average Bonchev–Trinajstić information content (AvgIpc) is 2.91.